The number of thioether (sulfide) groups is 1. The van der Waals surface area contributed by atoms with E-state index in [0.717, 1.165) is 40.0 Å². The molecule has 8 heteroatoms. The number of nitrogens with one attached hydrogen (secondary N) is 1. The normalized spacial score (nSPS) is 14.2. The third-order valence-corrected chi connectivity index (χ3v) is 6.27. The van der Waals surface area contributed by atoms with E-state index in [1.807, 2.05) is 49.4 Å². The number of amides is 3. The number of carbonyl (C=O) groups excluding carboxylic acids is 3. The minimum atomic E-state index is -0.486. The van der Waals surface area contributed by atoms with Crippen LogP contribution in [0.15, 0.2) is 83.8 Å². The van der Waals surface area contributed by atoms with Crippen LogP contribution in [0.5, 0.6) is 11.5 Å². The van der Waals surface area contributed by atoms with Crippen LogP contribution in [0.4, 0.5) is 10.5 Å². The smallest absolute Gasteiger partial charge is 0.294 e. The Morgan fingerprint density at radius 2 is 1.53 bits per heavy atom. The van der Waals surface area contributed by atoms with Gasteiger partial charge < -0.3 is 14.8 Å². The average Bonchev–Trinajstić information content (AvgIpc) is 3.15. The summed E-state index contributed by atoms with van der Waals surface area (Å²) in [7, 11) is 0. The Kier molecular flexibility index (Phi) is 8.41. The second-order valence-corrected chi connectivity index (χ2v) is 8.94. The van der Waals surface area contributed by atoms with Crippen molar-refractivity contribution >= 4 is 40.6 Å². The molecule has 0 aliphatic carbocycles. The van der Waals surface area contributed by atoms with E-state index in [0.29, 0.717) is 24.7 Å². The molecule has 3 amide bonds. The lowest BCUT2D eigenvalue weighted by molar-refractivity contribution is -0.127. The Labute approximate surface area is 214 Å². The van der Waals surface area contributed by atoms with Crippen molar-refractivity contribution in [3.05, 3.63) is 94.9 Å². The minimum Gasteiger partial charge on any atom is -0.490 e. The highest BCUT2D eigenvalue weighted by Crippen LogP contribution is 2.32. The molecule has 1 saturated heterocycles. The summed E-state index contributed by atoms with van der Waals surface area (Å²) in [6.45, 7) is 2.51. The third-order valence-electron chi connectivity index (χ3n) is 5.36. The molecule has 1 heterocycles. The summed E-state index contributed by atoms with van der Waals surface area (Å²) in [5.74, 6) is 0.537. The molecule has 0 bridgehead atoms. The molecule has 3 aromatic carbocycles. The number of hydrogen-bond donors (Lipinski definition) is 1. The maximum absolute atomic E-state index is 12.7. The van der Waals surface area contributed by atoms with Gasteiger partial charge in [0.15, 0.2) is 0 Å². The summed E-state index contributed by atoms with van der Waals surface area (Å²) in [5, 5.41) is 2.25. The van der Waals surface area contributed by atoms with E-state index in [2.05, 4.69) is 5.32 Å². The molecule has 4 rings (SSSR count). The highest BCUT2D eigenvalue weighted by atomic mass is 32.2. The SMILES string of the molecule is CCc1ccc(NC(=O)CN2C(=O)S/C(=C/c3ccc(OCCOc4ccccc4)cc3)C2=O)cc1. The Hall–Kier alpha value is -4.04. The Morgan fingerprint density at radius 3 is 2.17 bits per heavy atom. The van der Waals surface area contributed by atoms with Crippen LogP contribution in [0.3, 0.4) is 0 Å². The van der Waals surface area contributed by atoms with Gasteiger partial charge in [0.05, 0.1) is 4.91 Å². The molecule has 184 valence electrons. The first-order chi connectivity index (χ1) is 17.5. The van der Waals surface area contributed by atoms with Crippen LogP contribution in [-0.4, -0.2) is 41.7 Å². The van der Waals surface area contributed by atoms with Gasteiger partial charge >= 0.3 is 0 Å². The minimum absolute atomic E-state index is 0.269. The zero-order valence-electron chi connectivity index (χ0n) is 19.8. The van der Waals surface area contributed by atoms with Crippen molar-refractivity contribution in [1.29, 1.82) is 0 Å². The molecule has 1 aliphatic rings. The number of rotatable bonds is 10. The Morgan fingerprint density at radius 1 is 0.889 bits per heavy atom. The van der Waals surface area contributed by atoms with E-state index in [1.165, 1.54) is 0 Å². The molecule has 0 radical (unpaired) electrons. The molecule has 1 N–H and O–H groups in total. The maximum atomic E-state index is 12.7. The van der Waals surface area contributed by atoms with Gasteiger partial charge in [0, 0.05) is 5.69 Å². The highest BCUT2D eigenvalue weighted by molar-refractivity contribution is 8.18. The van der Waals surface area contributed by atoms with Gasteiger partial charge in [-0.15, -0.1) is 0 Å². The van der Waals surface area contributed by atoms with Crippen LogP contribution in [0, 0.1) is 0 Å². The van der Waals surface area contributed by atoms with E-state index in [1.54, 1.807) is 42.5 Å². The van der Waals surface area contributed by atoms with Gasteiger partial charge in [0.25, 0.3) is 11.1 Å². The molecule has 3 aromatic rings. The molecule has 1 aliphatic heterocycles. The monoisotopic (exact) mass is 502 g/mol. The van der Waals surface area contributed by atoms with Crippen LogP contribution in [-0.2, 0) is 16.0 Å². The number of imide groups is 1. The molecule has 0 aromatic heterocycles. The molecule has 0 unspecified atom stereocenters. The topological polar surface area (TPSA) is 84.9 Å². The summed E-state index contributed by atoms with van der Waals surface area (Å²) in [6, 6.07) is 24.1. The summed E-state index contributed by atoms with van der Waals surface area (Å²) in [5.41, 5.74) is 2.52. The zero-order valence-corrected chi connectivity index (χ0v) is 20.6. The second-order valence-electron chi connectivity index (χ2n) is 7.95. The second kappa shape index (κ2) is 12.1. The standard InChI is InChI=1S/C28H26N2O5S/c1-2-20-8-12-22(13-9-20)29-26(31)19-30-27(32)25(36-28(30)33)18-21-10-14-24(15-11-21)35-17-16-34-23-6-4-3-5-7-23/h3-15,18H,2,16-17,19H2,1H3,(H,29,31)/b25-18+. The Bertz CT molecular complexity index is 1240. The summed E-state index contributed by atoms with van der Waals surface area (Å²) in [6.07, 6.45) is 2.53. The fraction of sp³-hybridized carbons (Fsp3) is 0.179. The van der Waals surface area contributed by atoms with Gasteiger partial charge in [0.1, 0.15) is 31.3 Å². The van der Waals surface area contributed by atoms with E-state index >= 15 is 0 Å². The number of hydrogen-bond acceptors (Lipinski definition) is 6. The number of ether oxygens (including phenoxy) is 2. The van der Waals surface area contributed by atoms with Crippen molar-refractivity contribution in [2.75, 3.05) is 25.1 Å². The quantitative estimate of drug-likeness (QED) is 0.296. The van der Waals surface area contributed by atoms with Crippen molar-refractivity contribution in [1.82, 2.24) is 4.90 Å². The van der Waals surface area contributed by atoms with Crippen LogP contribution >= 0.6 is 11.8 Å². The largest absolute Gasteiger partial charge is 0.490 e. The zero-order chi connectivity index (χ0) is 25.3. The highest BCUT2D eigenvalue weighted by Gasteiger charge is 2.36. The summed E-state index contributed by atoms with van der Waals surface area (Å²) >= 11 is 0.820. The van der Waals surface area contributed by atoms with Crippen molar-refractivity contribution in [2.45, 2.75) is 13.3 Å². The van der Waals surface area contributed by atoms with Crippen molar-refractivity contribution in [3.63, 3.8) is 0 Å². The lowest BCUT2D eigenvalue weighted by atomic mass is 10.1. The van der Waals surface area contributed by atoms with Gasteiger partial charge in [-0.1, -0.05) is 49.4 Å². The van der Waals surface area contributed by atoms with Crippen molar-refractivity contribution in [2.24, 2.45) is 0 Å². The first kappa shape index (κ1) is 25.1. The third kappa shape index (κ3) is 6.76. The van der Waals surface area contributed by atoms with E-state index < -0.39 is 17.1 Å². The van der Waals surface area contributed by atoms with Crippen molar-refractivity contribution < 1.29 is 23.9 Å². The lowest BCUT2D eigenvalue weighted by Gasteiger charge is -2.12. The predicted molar refractivity (Wildman–Crippen MR) is 141 cm³/mol. The van der Waals surface area contributed by atoms with E-state index in [9.17, 15) is 14.4 Å². The van der Waals surface area contributed by atoms with E-state index in [4.69, 9.17) is 9.47 Å². The molecule has 36 heavy (non-hydrogen) atoms. The molecule has 7 nitrogen and oxygen atoms in total. The molecular formula is C28H26N2O5S. The fourth-order valence-electron chi connectivity index (χ4n) is 3.45. The van der Waals surface area contributed by atoms with Crippen LogP contribution in [0.25, 0.3) is 6.08 Å². The average molecular weight is 503 g/mol. The fourth-order valence-corrected chi connectivity index (χ4v) is 4.29. The first-order valence-corrected chi connectivity index (χ1v) is 12.4. The predicted octanol–water partition coefficient (Wildman–Crippen LogP) is 5.38. The van der Waals surface area contributed by atoms with Gasteiger partial charge in [-0.2, -0.15) is 0 Å². The maximum Gasteiger partial charge on any atom is 0.294 e. The molecule has 0 spiro atoms. The first-order valence-electron chi connectivity index (χ1n) is 11.6. The number of nitrogens with zero attached hydrogens (tertiary/aromatic N) is 1. The van der Waals surface area contributed by atoms with Gasteiger partial charge in [-0.3, -0.25) is 19.3 Å². The van der Waals surface area contributed by atoms with Gasteiger partial charge in [-0.25, -0.2) is 0 Å². The summed E-state index contributed by atoms with van der Waals surface area (Å²) in [4.78, 5) is 38.7. The molecule has 0 saturated carbocycles. The summed E-state index contributed by atoms with van der Waals surface area (Å²) < 4.78 is 11.3. The Balaban J connectivity index is 1.28. The number of anilines is 1. The van der Waals surface area contributed by atoms with E-state index in [-0.39, 0.29) is 11.4 Å². The van der Waals surface area contributed by atoms with Crippen LogP contribution in [0.1, 0.15) is 18.1 Å². The lowest BCUT2D eigenvalue weighted by Crippen LogP contribution is -2.36. The number of para-hydroxylation sites is 1. The van der Waals surface area contributed by atoms with Crippen molar-refractivity contribution in [3.8, 4) is 11.5 Å². The molecular weight excluding hydrogens is 476 g/mol. The number of benzene rings is 3. The number of carbonyl (C=O) groups is 3. The van der Waals surface area contributed by atoms with Gasteiger partial charge in [-0.05, 0) is 71.8 Å². The van der Waals surface area contributed by atoms with Crippen LogP contribution < -0.4 is 14.8 Å². The molecule has 1 fully saturated rings. The number of aryl methyl sites for hydroxylation is 1. The van der Waals surface area contributed by atoms with Crippen LogP contribution in [0.2, 0.25) is 0 Å². The molecule has 0 atom stereocenters. The van der Waals surface area contributed by atoms with Gasteiger partial charge in [0.2, 0.25) is 5.91 Å².